The summed E-state index contributed by atoms with van der Waals surface area (Å²) in [6, 6.07) is 14.1. The fourth-order valence-electron chi connectivity index (χ4n) is 2.38. The number of nitrogens with one attached hydrogen (secondary N) is 2. The summed E-state index contributed by atoms with van der Waals surface area (Å²) in [6.07, 6.45) is 4.22. The highest BCUT2D eigenvalue weighted by atomic mass is 19.1. The fraction of sp³-hybridized carbons (Fsp3) is 0.111. The minimum absolute atomic E-state index is 0.178. The van der Waals surface area contributed by atoms with Gasteiger partial charge in [0.2, 0.25) is 5.91 Å². The molecule has 0 fully saturated rings. The first-order valence-corrected chi connectivity index (χ1v) is 7.35. The maximum Gasteiger partial charge on any atom is 0.240 e. The molecule has 1 heterocycles. The van der Waals surface area contributed by atoms with E-state index >= 15 is 0 Å². The third-order valence-corrected chi connectivity index (χ3v) is 3.55. The summed E-state index contributed by atoms with van der Waals surface area (Å²) in [5.41, 5.74) is 5.20. The van der Waals surface area contributed by atoms with Crippen molar-refractivity contribution in [1.82, 2.24) is 10.4 Å². The quantitative estimate of drug-likeness (QED) is 0.551. The van der Waals surface area contributed by atoms with Crippen LogP contribution in [-0.4, -0.2) is 17.1 Å². The minimum atomic E-state index is -0.282. The number of rotatable bonds is 5. The normalized spacial score (nSPS) is 11.2. The van der Waals surface area contributed by atoms with E-state index in [-0.39, 0.29) is 18.1 Å². The lowest BCUT2D eigenvalue weighted by Gasteiger charge is -2.00. The Balaban J connectivity index is 1.56. The van der Waals surface area contributed by atoms with Crippen molar-refractivity contribution >= 4 is 23.0 Å². The molecule has 2 aromatic carbocycles. The molecule has 0 aliphatic carbocycles. The topological polar surface area (TPSA) is 57.2 Å². The van der Waals surface area contributed by atoms with E-state index in [1.165, 1.54) is 12.1 Å². The van der Waals surface area contributed by atoms with Crippen LogP contribution < -0.4 is 5.43 Å². The van der Waals surface area contributed by atoms with Crippen LogP contribution in [0.1, 0.15) is 17.5 Å². The van der Waals surface area contributed by atoms with Crippen molar-refractivity contribution in [3.8, 4) is 0 Å². The van der Waals surface area contributed by atoms with Gasteiger partial charge in [-0.05, 0) is 35.7 Å². The smallest absolute Gasteiger partial charge is 0.240 e. The number of aryl methyl sites for hydroxylation is 1. The van der Waals surface area contributed by atoms with Gasteiger partial charge in [-0.1, -0.05) is 30.3 Å². The molecule has 0 radical (unpaired) electrons. The lowest BCUT2D eigenvalue weighted by atomic mass is 10.1. The number of aromatic amines is 1. The molecule has 23 heavy (non-hydrogen) atoms. The molecule has 0 unspecified atom stereocenters. The summed E-state index contributed by atoms with van der Waals surface area (Å²) in [5, 5.41) is 4.74. The zero-order valence-corrected chi connectivity index (χ0v) is 12.4. The summed E-state index contributed by atoms with van der Waals surface area (Å²) in [4.78, 5) is 14.9. The molecule has 1 amide bonds. The number of benzene rings is 2. The van der Waals surface area contributed by atoms with Gasteiger partial charge in [0.1, 0.15) is 5.82 Å². The van der Waals surface area contributed by atoms with Crippen LogP contribution in [-0.2, 0) is 11.2 Å². The van der Waals surface area contributed by atoms with Gasteiger partial charge in [0.15, 0.2) is 0 Å². The van der Waals surface area contributed by atoms with Crippen molar-refractivity contribution in [3.05, 3.63) is 71.7 Å². The van der Waals surface area contributed by atoms with E-state index in [0.717, 1.165) is 22.0 Å². The van der Waals surface area contributed by atoms with E-state index in [0.29, 0.717) is 6.42 Å². The van der Waals surface area contributed by atoms with Gasteiger partial charge >= 0.3 is 0 Å². The van der Waals surface area contributed by atoms with Crippen LogP contribution in [0.15, 0.2) is 59.8 Å². The van der Waals surface area contributed by atoms with Crippen LogP contribution in [0, 0.1) is 5.82 Å². The van der Waals surface area contributed by atoms with Crippen molar-refractivity contribution in [2.24, 2.45) is 5.10 Å². The lowest BCUT2D eigenvalue weighted by Crippen LogP contribution is -2.17. The Morgan fingerprint density at radius 3 is 2.87 bits per heavy atom. The summed E-state index contributed by atoms with van der Waals surface area (Å²) < 4.78 is 13.3. The van der Waals surface area contributed by atoms with Gasteiger partial charge in [0, 0.05) is 23.5 Å². The average molecular weight is 309 g/mol. The molecular formula is C18H16FN3O. The maximum atomic E-state index is 13.3. The van der Waals surface area contributed by atoms with Crippen molar-refractivity contribution in [2.45, 2.75) is 12.8 Å². The number of aromatic nitrogens is 1. The van der Waals surface area contributed by atoms with E-state index in [2.05, 4.69) is 15.5 Å². The van der Waals surface area contributed by atoms with E-state index in [1.807, 2.05) is 36.5 Å². The molecule has 0 aliphatic heterocycles. The second-order valence-corrected chi connectivity index (χ2v) is 5.21. The van der Waals surface area contributed by atoms with Gasteiger partial charge < -0.3 is 4.98 Å². The van der Waals surface area contributed by atoms with Crippen molar-refractivity contribution < 1.29 is 9.18 Å². The molecule has 0 aliphatic rings. The summed E-state index contributed by atoms with van der Waals surface area (Å²) >= 11 is 0. The highest BCUT2D eigenvalue weighted by Crippen LogP contribution is 2.20. The predicted molar refractivity (Wildman–Crippen MR) is 88.8 cm³/mol. The molecule has 116 valence electrons. The standard InChI is InChI=1S/C18H16FN3O/c19-15-7-8-17-16(10-15)14(12-20-17)6-9-18(23)22-21-11-13-4-2-1-3-5-13/h1-5,7-8,10-12,20H,6,9H2,(H,22,23)/b21-11+. The fourth-order valence-corrected chi connectivity index (χ4v) is 2.38. The Morgan fingerprint density at radius 1 is 1.22 bits per heavy atom. The summed E-state index contributed by atoms with van der Waals surface area (Å²) in [6.45, 7) is 0. The number of fused-ring (bicyclic) bond motifs is 1. The number of carbonyl (C=O) groups is 1. The largest absolute Gasteiger partial charge is 0.361 e. The van der Waals surface area contributed by atoms with Crippen LogP contribution in [0.25, 0.3) is 10.9 Å². The molecular weight excluding hydrogens is 293 g/mol. The van der Waals surface area contributed by atoms with Crippen molar-refractivity contribution in [1.29, 1.82) is 0 Å². The van der Waals surface area contributed by atoms with Gasteiger partial charge in [-0.2, -0.15) is 5.10 Å². The number of H-pyrrole nitrogens is 1. The molecule has 0 bridgehead atoms. The van der Waals surface area contributed by atoms with Gasteiger partial charge in [-0.25, -0.2) is 9.82 Å². The van der Waals surface area contributed by atoms with E-state index < -0.39 is 0 Å². The van der Waals surface area contributed by atoms with E-state index in [1.54, 1.807) is 12.3 Å². The monoisotopic (exact) mass is 309 g/mol. The predicted octanol–water partition coefficient (Wildman–Crippen LogP) is 3.39. The van der Waals surface area contributed by atoms with Crippen LogP contribution >= 0.6 is 0 Å². The molecule has 1 aromatic heterocycles. The minimum Gasteiger partial charge on any atom is -0.361 e. The Morgan fingerprint density at radius 2 is 2.04 bits per heavy atom. The highest BCUT2D eigenvalue weighted by Gasteiger charge is 2.07. The Bertz CT molecular complexity index is 840. The molecule has 0 saturated heterocycles. The Labute approximate surface area is 133 Å². The third kappa shape index (κ3) is 3.83. The van der Waals surface area contributed by atoms with Gasteiger partial charge in [-0.3, -0.25) is 4.79 Å². The first-order chi connectivity index (χ1) is 11.2. The van der Waals surface area contributed by atoms with Crippen molar-refractivity contribution in [3.63, 3.8) is 0 Å². The summed E-state index contributed by atoms with van der Waals surface area (Å²) in [7, 11) is 0. The first-order valence-electron chi connectivity index (χ1n) is 7.35. The van der Waals surface area contributed by atoms with E-state index in [4.69, 9.17) is 0 Å². The molecule has 4 nitrogen and oxygen atoms in total. The highest BCUT2D eigenvalue weighted by molar-refractivity contribution is 5.85. The van der Waals surface area contributed by atoms with Crippen LogP contribution in [0.4, 0.5) is 4.39 Å². The van der Waals surface area contributed by atoms with Crippen molar-refractivity contribution in [2.75, 3.05) is 0 Å². The van der Waals surface area contributed by atoms with Crippen LogP contribution in [0.3, 0.4) is 0 Å². The molecule has 5 heteroatoms. The average Bonchev–Trinajstić information content (AvgIpc) is 2.96. The van der Waals surface area contributed by atoms with Gasteiger partial charge in [0.05, 0.1) is 6.21 Å². The molecule has 2 N–H and O–H groups in total. The Kier molecular flexibility index (Phi) is 4.47. The second-order valence-electron chi connectivity index (χ2n) is 5.21. The van der Waals surface area contributed by atoms with Crippen LogP contribution in [0.2, 0.25) is 0 Å². The zero-order valence-electron chi connectivity index (χ0n) is 12.4. The number of halogens is 1. The Hall–Kier alpha value is -2.95. The third-order valence-electron chi connectivity index (χ3n) is 3.55. The zero-order chi connectivity index (χ0) is 16.1. The number of nitrogens with zero attached hydrogens (tertiary/aromatic N) is 1. The van der Waals surface area contributed by atoms with Gasteiger partial charge in [0.25, 0.3) is 0 Å². The number of amides is 1. The van der Waals surface area contributed by atoms with Crippen LogP contribution in [0.5, 0.6) is 0 Å². The molecule has 0 atom stereocenters. The number of carbonyl (C=O) groups excluding carboxylic acids is 1. The second kappa shape index (κ2) is 6.87. The first kappa shape index (κ1) is 15.0. The SMILES string of the molecule is O=C(CCc1c[nH]c2ccc(F)cc12)N/N=C/c1ccccc1. The molecule has 3 aromatic rings. The number of hydrogen-bond donors (Lipinski definition) is 2. The van der Waals surface area contributed by atoms with Gasteiger partial charge in [-0.15, -0.1) is 0 Å². The summed E-state index contributed by atoms with van der Waals surface area (Å²) in [5.74, 6) is -0.460. The molecule has 0 saturated carbocycles. The maximum absolute atomic E-state index is 13.3. The number of hydrogen-bond acceptors (Lipinski definition) is 2. The lowest BCUT2D eigenvalue weighted by molar-refractivity contribution is -0.121. The molecule has 0 spiro atoms. The number of hydrazone groups is 1. The molecule has 3 rings (SSSR count). The van der Waals surface area contributed by atoms with E-state index in [9.17, 15) is 9.18 Å².